The van der Waals surface area contributed by atoms with Crippen LogP contribution in [0.15, 0.2) is 48.5 Å². The second-order valence-electron chi connectivity index (χ2n) is 4.22. The van der Waals surface area contributed by atoms with Gasteiger partial charge in [0, 0.05) is 5.69 Å². The minimum atomic E-state index is -1.13. The number of amides is 1. The molecule has 0 bridgehead atoms. The zero-order valence-electron chi connectivity index (χ0n) is 10.8. The number of carbonyl (C=O) groups is 2. The molecule has 0 aliphatic heterocycles. The molecule has 0 atom stereocenters. The van der Waals surface area contributed by atoms with Gasteiger partial charge in [0.1, 0.15) is 6.54 Å². The maximum Gasteiger partial charge on any atom is 0.323 e. The quantitative estimate of drug-likeness (QED) is 0.932. The summed E-state index contributed by atoms with van der Waals surface area (Å²) in [5.74, 6) is -1.69. The Balaban J connectivity index is 2.46. The summed E-state index contributed by atoms with van der Waals surface area (Å²) < 4.78 is 0. The van der Waals surface area contributed by atoms with Crippen LogP contribution >= 0.6 is 23.2 Å². The summed E-state index contributed by atoms with van der Waals surface area (Å²) in [6.45, 7) is -0.482. The van der Waals surface area contributed by atoms with Crippen LogP contribution in [0.3, 0.4) is 0 Å². The zero-order chi connectivity index (χ0) is 15.4. The van der Waals surface area contributed by atoms with Gasteiger partial charge in [-0.15, -0.1) is 0 Å². The highest BCUT2D eigenvalue weighted by atomic mass is 35.5. The van der Waals surface area contributed by atoms with Crippen molar-refractivity contribution in [3.8, 4) is 0 Å². The van der Waals surface area contributed by atoms with Gasteiger partial charge in [0.05, 0.1) is 15.6 Å². The topological polar surface area (TPSA) is 57.6 Å². The van der Waals surface area contributed by atoms with Crippen molar-refractivity contribution in [3.05, 3.63) is 64.1 Å². The lowest BCUT2D eigenvalue weighted by Crippen LogP contribution is -2.36. The van der Waals surface area contributed by atoms with Gasteiger partial charge in [0.25, 0.3) is 5.91 Å². The molecule has 2 rings (SSSR count). The highest BCUT2D eigenvalue weighted by Crippen LogP contribution is 2.27. The Hall–Kier alpha value is -2.04. The molecule has 21 heavy (non-hydrogen) atoms. The highest BCUT2D eigenvalue weighted by molar-refractivity contribution is 6.40. The molecule has 0 aliphatic rings. The van der Waals surface area contributed by atoms with E-state index in [-0.39, 0.29) is 15.6 Å². The monoisotopic (exact) mass is 323 g/mol. The summed E-state index contributed by atoms with van der Waals surface area (Å²) in [6.07, 6.45) is 0. The molecule has 0 unspecified atom stereocenters. The van der Waals surface area contributed by atoms with Crippen molar-refractivity contribution in [2.75, 3.05) is 11.4 Å². The van der Waals surface area contributed by atoms with Gasteiger partial charge in [-0.05, 0) is 24.3 Å². The molecule has 0 spiro atoms. The average Bonchev–Trinajstić information content (AvgIpc) is 2.45. The molecule has 0 radical (unpaired) electrons. The fourth-order valence-corrected chi connectivity index (χ4v) is 2.42. The molecule has 0 saturated heterocycles. The van der Waals surface area contributed by atoms with Gasteiger partial charge >= 0.3 is 5.97 Å². The summed E-state index contributed by atoms with van der Waals surface area (Å²) >= 11 is 12.0. The Morgan fingerprint density at radius 2 is 1.52 bits per heavy atom. The SMILES string of the molecule is O=C(O)CN(C(=O)c1c(Cl)cccc1Cl)c1ccccc1. The third kappa shape index (κ3) is 3.54. The molecule has 0 saturated carbocycles. The molecule has 4 nitrogen and oxygen atoms in total. The lowest BCUT2D eigenvalue weighted by molar-refractivity contribution is -0.135. The van der Waals surface area contributed by atoms with E-state index in [1.807, 2.05) is 0 Å². The van der Waals surface area contributed by atoms with E-state index in [1.165, 1.54) is 12.1 Å². The fourth-order valence-electron chi connectivity index (χ4n) is 1.86. The van der Waals surface area contributed by atoms with Crippen LogP contribution in [0.2, 0.25) is 10.0 Å². The number of halogens is 2. The molecule has 0 aliphatic carbocycles. The summed E-state index contributed by atoms with van der Waals surface area (Å²) in [4.78, 5) is 24.8. The van der Waals surface area contributed by atoms with Crippen molar-refractivity contribution in [3.63, 3.8) is 0 Å². The minimum absolute atomic E-state index is 0.0888. The number of carbonyl (C=O) groups excluding carboxylic acids is 1. The van der Waals surface area contributed by atoms with Gasteiger partial charge in [-0.25, -0.2) is 0 Å². The molecular weight excluding hydrogens is 313 g/mol. The van der Waals surface area contributed by atoms with E-state index in [0.717, 1.165) is 4.90 Å². The molecular formula is C15H11Cl2NO3. The van der Waals surface area contributed by atoms with E-state index in [9.17, 15) is 9.59 Å². The van der Waals surface area contributed by atoms with E-state index >= 15 is 0 Å². The third-order valence-electron chi connectivity index (χ3n) is 2.78. The normalized spacial score (nSPS) is 10.2. The van der Waals surface area contributed by atoms with Gasteiger partial charge < -0.3 is 5.11 Å². The molecule has 6 heteroatoms. The number of carboxylic acid groups (broad SMARTS) is 1. The predicted octanol–water partition coefficient (Wildman–Crippen LogP) is 3.72. The summed E-state index contributed by atoms with van der Waals surface area (Å²) in [7, 11) is 0. The van der Waals surface area contributed by atoms with Crippen molar-refractivity contribution in [2.45, 2.75) is 0 Å². The van der Waals surface area contributed by atoms with Crippen molar-refractivity contribution >= 4 is 40.8 Å². The number of aliphatic carboxylic acids is 1. The van der Waals surface area contributed by atoms with Gasteiger partial charge in [-0.3, -0.25) is 14.5 Å². The molecule has 0 heterocycles. The van der Waals surface area contributed by atoms with E-state index in [0.29, 0.717) is 5.69 Å². The molecule has 2 aromatic carbocycles. The summed E-state index contributed by atoms with van der Waals surface area (Å²) in [5, 5.41) is 9.38. The summed E-state index contributed by atoms with van der Waals surface area (Å²) in [5.41, 5.74) is 0.548. The first-order valence-electron chi connectivity index (χ1n) is 6.03. The first-order chi connectivity index (χ1) is 10.0. The number of carboxylic acids is 1. The van der Waals surface area contributed by atoms with E-state index in [1.54, 1.807) is 36.4 Å². The molecule has 108 valence electrons. The second-order valence-corrected chi connectivity index (χ2v) is 5.03. The fraction of sp³-hybridized carbons (Fsp3) is 0.0667. The minimum Gasteiger partial charge on any atom is -0.480 e. The van der Waals surface area contributed by atoms with Crippen LogP contribution in [-0.2, 0) is 4.79 Å². The van der Waals surface area contributed by atoms with Crippen LogP contribution in [-0.4, -0.2) is 23.5 Å². The maximum absolute atomic E-state index is 12.6. The molecule has 1 amide bonds. The van der Waals surface area contributed by atoms with Gasteiger partial charge in [0.2, 0.25) is 0 Å². The lowest BCUT2D eigenvalue weighted by atomic mass is 10.1. The Morgan fingerprint density at radius 3 is 2.05 bits per heavy atom. The maximum atomic E-state index is 12.6. The number of para-hydroxylation sites is 1. The standard InChI is InChI=1S/C15H11Cl2NO3/c16-11-7-4-8-12(17)14(11)15(21)18(9-13(19)20)10-5-2-1-3-6-10/h1-8H,9H2,(H,19,20). The van der Waals surface area contributed by atoms with E-state index in [2.05, 4.69) is 0 Å². The zero-order valence-corrected chi connectivity index (χ0v) is 12.3. The Labute approximate surface area is 131 Å². The van der Waals surface area contributed by atoms with Crippen molar-refractivity contribution in [1.82, 2.24) is 0 Å². The van der Waals surface area contributed by atoms with Crippen molar-refractivity contribution in [2.24, 2.45) is 0 Å². The number of nitrogens with zero attached hydrogens (tertiary/aromatic N) is 1. The van der Waals surface area contributed by atoms with E-state index in [4.69, 9.17) is 28.3 Å². The number of anilines is 1. The third-order valence-corrected chi connectivity index (χ3v) is 3.41. The molecule has 2 aromatic rings. The second kappa shape index (κ2) is 6.61. The number of hydrogen-bond donors (Lipinski definition) is 1. The van der Waals surface area contributed by atoms with Gasteiger partial charge in [-0.2, -0.15) is 0 Å². The first kappa shape index (κ1) is 15.4. The first-order valence-corrected chi connectivity index (χ1v) is 6.79. The lowest BCUT2D eigenvalue weighted by Gasteiger charge is -2.22. The predicted molar refractivity (Wildman–Crippen MR) is 82.2 cm³/mol. The van der Waals surface area contributed by atoms with Crippen LogP contribution in [0, 0.1) is 0 Å². The molecule has 0 aromatic heterocycles. The van der Waals surface area contributed by atoms with Crippen LogP contribution in [0.1, 0.15) is 10.4 Å². The van der Waals surface area contributed by atoms with Crippen LogP contribution in [0.4, 0.5) is 5.69 Å². The van der Waals surface area contributed by atoms with Crippen LogP contribution in [0.25, 0.3) is 0 Å². The number of benzene rings is 2. The van der Waals surface area contributed by atoms with Crippen molar-refractivity contribution < 1.29 is 14.7 Å². The number of rotatable bonds is 4. The largest absolute Gasteiger partial charge is 0.480 e. The smallest absolute Gasteiger partial charge is 0.323 e. The van der Waals surface area contributed by atoms with E-state index < -0.39 is 18.4 Å². The van der Waals surface area contributed by atoms with Crippen LogP contribution in [0.5, 0.6) is 0 Å². The average molecular weight is 324 g/mol. The molecule has 1 N–H and O–H groups in total. The van der Waals surface area contributed by atoms with Gasteiger partial charge in [0.15, 0.2) is 0 Å². The van der Waals surface area contributed by atoms with Gasteiger partial charge in [-0.1, -0.05) is 47.5 Å². The highest BCUT2D eigenvalue weighted by Gasteiger charge is 2.24. The van der Waals surface area contributed by atoms with Crippen molar-refractivity contribution in [1.29, 1.82) is 0 Å². The number of hydrogen-bond acceptors (Lipinski definition) is 2. The Morgan fingerprint density at radius 1 is 0.952 bits per heavy atom. The Kier molecular flexibility index (Phi) is 4.83. The van der Waals surface area contributed by atoms with Crippen LogP contribution < -0.4 is 4.90 Å². The molecule has 0 fully saturated rings. The summed E-state index contributed by atoms with van der Waals surface area (Å²) in [6, 6.07) is 13.2. The Bertz CT molecular complexity index is 654.